The van der Waals surface area contributed by atoms with Crippen LogP contribution in [0.25, 0.3) is 0 Å². The summed E-state index contributed by atoms with van der Waals surface area (Å²) in [4.78, 5) is 24.0. The van der Waals surface area contributed by atoms with Gasteiger partial charge >= 0.3 is 0 Å². The van der Waals surface area contributed by atoms with Gasteiger partial charge < -0.3 is 20.1 Å². The fraction of sp³-hybridized carbons (Fsp3) is 0.391. The largest absolute Gasteiger partial charge is 0.486 e. The highest BCUT2D eigenvalue weighted by molar-refractivity contribution is 7.89. The topological polar surface area (TPSA) is 123 Å². The van der Waals surface area contributed by atoms with E-state index in [0.29, 0.717) is 36.3 Å². The fourth-order valence-corrected chi connectivity index (χ4v) is 4.91. The number of sulfonamides is 1. The van der Waals surface area contributed by atoms with E-state index in [9.17, 15) is 18.0 Å². The highest BCUT2D eigenvalue weighted by Crippen LogP contribution is 2.43. The van der Waals surface area contributed by atoms with E-state index in [1.165, 1.54) is 38.1 Å². The molecule has 2 aromatic rings. The summed E-state index contributed by atoms with van der Waals surface area (Å²) >= 11 is 0. The van der Waals surface area contributed by atoms with Crippen LogP contribution in [0.3, 0.4) is 0 Å². The van der Waals surface area contributed by atoms with Crippen LogP contribution in [0.2, 0.25) is 0 Å². The van der Waals surface area contributed by atoms with Crippen LogP contribution in [0.1, 0.15) is 38.3 Å². The minimum absolute atomic E-state index is 0.00170. The van der Waals surface area contributed by atoms with Crippen LogP contribution >= 0.6 is 0 Å². The summed E-state index contributed by atoms with van der Waals surface area (Å²) in [5.74, 6) is 0.950. The molecule has 3 N–H and O–H groups in total. The van der Waals surface area contributed by atoms with Gasteiger partial charge in [-0.1, -0.05) is 6.07 Å². The van der Waals surface area contributed by atoms with Gasteiger partial charge in [-0.25, -0.2) is 8.42 Å². The summed E-state index contributed by atoms with van der Waals surface area (Å²) in [6.45, 7) is 3.85. The Hall–Kier alpha value is -3.11. The normalized spacial score (nSPS) is 17.0. The molecular formula is C23H27N3O6S. The predicted molar refractivity (Wildman–Crippen MR) is 122 cm³/mol. The average molecular weight is 474 g/mol. The number of carbonyl (C=O) groups is 2. The van der Waals surface area contributed by atoms with Gasteiger partial charge in [0.25, 0.3) is 0 Å². The van der Waals surface area contributed by atoms with Crippen molar-refractivity contribution < 1.29 is 27.5 Å². The molecule has 2 atom stereocenters. The van der Waals surface area contributed by atoms with E-state index in [2.05, 4.69) is 15.4 Å². The van der Waals surface area contributed by atoms with E-state index in [0.717, 1.165) is 18.4 Å². The molecular weight excluding hydrogens is 446 g/mol. The Morgan fingerprint density at radius 2 is 1.67 bits per heavy atom. The summed E-state index contributed by atoms with van der Waals surface area (Å²) in [6.07, 6.45) is 1.97. The van der Waals surface area contributed by atoms with Crippen LogP contribution in [0.4, 0.5) is 5.69 Å². The van der Waals surface area contributed by atoms with Crippen LogP contribution in [0, 0.1) is 5.92 Å². The lowest BCUT2D eigenvalue weighted by Crippen LogP contribution is -2.46. The van der Waals surface area contributed by atoms with Crippen LogP contribution in [-0.4, -0.2) is 39.5 Å². The van der Waals surface area contributed by atoms with Crippen LogP contribution in [0.5, 0.6) is 11.5 Å². The minimum atomic E-state index is -3.93. The van der Waals surface area contributed by atoms with Crippen molar-refractivity contribution in [2.24, 2.45) is 5.92 Å². The van der Waals surface area contributed by atoms with Crippen LogP contribution < -0.4 is 24.8 Å². The predicted octanol–water partition coefficient (Wildman–Crippen LogP) is 2.35. The van der Waals surface area contributed by atoms with E-state index in [1.807, 2.05) is 18.2 Å². The van der Waals surface area contributed by atoms with Gasteiger partial charge in [-0.3, -0.25) is 9.59 Å². The van der Waals surface area contributed by atoms with E-state index in [1.54, 1.807) is 0 Å². The van der Waals surface area contributed by atoms with E-state index >= 15 is 0 Å². The van der Waals surface area contributed by atoms with Crippen molar-refractivity contribution in [3.63, 3.8) is 0 Å². The quantitative estimate of drug-likeness (QED) is 0.541. The maximum absolute atomic E-state index is 12.9. The van der Waals surface area contributed by atoms with Crippen molar-refractivity contribution >= 4 is 27.5 Å². The molecule has 1 fully saturated rings. The Morgan fingerprint density at radius 1 is 1.00 bits per heavy atom. The van der Waals surface area contributed by atoms with Crippen molar-refractivity contribution in [3.8, 4) is 11.5 Å². The molecule has 0 saturated heterocycles. The Balaban J connectivity index is 1.43. The molecule has 1 aliphatic heterocycles. The summed E-state index contributed by atoms with van der Waals surface area (Å²) in [5.41, 5.74) is 1.39. The molecule has 4 rings (SSSR count). The van der Waals surface area contributed by atoms with Crippen molar-refractivity contribution in [1.29, 1.82) is 0 Å². The Kier molecular flexibility index (Phi) is 6.57. The second kappa shape index (κ2) is 9.40. The van der Waals surface area contributed by atoms with E-state index < -0.39 is 22.0 Å². The Morgan fingerprint density at radius 3 is 2.30 bits per heavy atom. The number of nitrogens with one attached hydrogen (secondary N) is 3. The Labute approximate surface area is 192 Å². The average Bonchev–Trinajstić information content (AvgIpc) is 3.62. The van der Waals surface area contributed by atoms with Crippen molar-refractivity contribution in [2.45, 2.75) is 43.7 Å². The summed E-state index contributed by atoms with van der Waals surface area (Å²) in [5, 5.41) is 5.58. The lowest BCUT2D eigenvalue weighted by molar-refractivity contribution is -0.123. The summed E-state index contributed by atoms with van der Waals surface area (Å²) in [7, 11) is -3.93. The zero-order chi connectivity index (χ0) is 23.6. The van der Waals surface area contributed by atoms with Gasteiger partial charge in [0, 0.05) is 12.6 Å². The van der Waals surface area contributed by atoms with E-state index in [4.69, 9.17) is 9.47 Å². The molecule has 33 heavy (non-hydrogen) atoms. The number of ether oxygens (including phenoxy) is 2. The summed E-state index contributed by atoms with van der Waals surface area (Å²) < 4.78 is 39.1. The maximum atomic E-state index is 12.9. The molecule has 2 aromatic carbocycles. The second-order valence-electron chi connectivity index (χ2n) is 8.28. The highest BCUT2D eigenvalue weighted by atomic mass is 32.2. The molecule has 1 saturated carbocycles. The second-order valence-corrected chi connectivity index (χ2v) is 9.99. The molecule has 176 valence electrons. The van der Waals surface area contributed by atoms with Crippen LogP contribution in [-0.2, 0) is 19.6 Å². The molecule has 1 unspecified atom stereocenters. The fourth-order valence-electron chi connectivity index (χ4n) is 3.71. The third-order valence-electron chi connectivity index (χ3n) is 5.53. The SMILES string of the molecule is CC(=O)Nc1ccc(S(=O)(=O)N[C@@H](C)C(=O)NC(c2ccc3c(c2)OCCO3)C2CC2)cc1. The number of rotatable bonds is 8. The molecule has 0 aromatic heterocycles. The molecule has 0 radical (unpaired) electrons. The number of carbonyl (C=O) groups excluding carboxylic acids is 2. The van der Waals surface area contributed by atoms with Crippen molar-refractivity contribution in [3.05, 3.63) is 48.0 Å². The minimum Gasteiger partial charge on any atom is -0.486 e. The zero-order valence-electron chi connectivity index (χ0n) is 18.5. The smallest absolute Gasteiger partial charge is 0.241 e. The van der Waals surface area contributed by atoms with E-state index in [-0.39, 0.29) is 16.8 Å². The molecule has 2 amide bonds. The molecule has 0 spiro atoms. The standard InChI is InChI=1S/C23H27N3O6S/c1-14(26-33(29,30)19-8-6-18(7-9-19)24-15(2)27)23(28)25-22(16-3-4-16)17-5-10-20-21(13-17)32-12-11-31-20/h5-10,13-14,16,22,26H,3-4,11-12H2,1-2H3,(H,24,27)(H,25,28)/t14-,22?/m0/s1. The van der Waals surface area contributed by atoms with Gasteiger partial charge in [0.1, 0.15) is 13.2 Å². The molecule has 10 heteroatoms. The first-order valence-corrected chi connectivity index (χ1v) is 12.3. The van der Waals surface area contributed by atoms with Gasteiger partial charge in [-0.15, -0.1) is 0 Å². The third kappa shape index (κ3) is 5.63. The first kappa shape index (κ1) is 23.1. The monoisotopic (exact) mass is 473 g/mol. The first-order valence-electron chi connectivity index (χ1n) is 10.8. The lowest BCUT2D eigenvalue weighted by atomic mass is 10.0. The molecule has 2 aliphatic rings. The van der Waals surface area contributed by atoms with Gasteiger partial charge in [0.05, 0.1) is 17.0 Å². The number of fused-ring (bicyclic) bond motifs is 1. The highest BCUT2D eigenvalue weighted by Gasteiger charge is 2.35. The number of benzene rings is 2. The third-order valence-corrected chi connectivity index (χ3v) is 7.08. The lowest BCUT2D eigenvalue weighted by Gasteiger charge is -2.24. The van der Waals surface area contributed by atoms with Crippen molar-refractivity contribution in [1.82, 2.24) is 10.0 Å². The van der Waals surface area contributed by atoms with Gasteiger partial charge in [-0.05, 0) is 67.6 Å². The van der Waals surface area contributed by atoms with Gasteiger partial charge in [0.2, 0.25) is 21.8 Å². The van der Waals surface area contributed by atoms with Crippen molar-refractivity contribution in [2.75, 3.05) is 18.5 Å². The number of hydrogen-bond acceptors (Lipinski definition) is 6. The maximum Gasteiger partial charge on any atom is 0.241 e. The molecule has 9 nitrogen and oxygen atoms in total. The molecule has 0 bridgehead atoms. The first-order chi connectivity index (χ1) is 15.7. The number of anilines is 1. The zero-order valence-corrected chi connectivity index (χ0v) is 19.3. The van der Waals surface area contributed by atoms with Crippen LogP contribution in [0.15, 0.2) is 47.4 Å². The number of amides is 2. The molecule has 1 aliphatic carbocycles. The number of hydrogen-bond donors (Lipinski definition) is 3. The van der Waals surface area contributed by atoms with Gasteiger partial charge in [0.15, 0.2) is 11.5 Å². The Bertz CT molecular complexity index is 1150. The van der Waals surface area contributed by atoms with Gasteiger partial charge in [-0.2, -0.15) is 4.72 Å². The molecule has 1 heterocycles. The summed E-state index contributed by atoms with van der Waals surface area (Å²) in [6, 6.07) is 10.1.